The number of nitrogens with zero attached hydrogens (tertiary/aromatic N) is 2. The van der Waals surface area contributed by atoms with E-state index in [1.807, 2.05) is 49.4 Å². The Bertz CT molecular complexity index is 821. The molecule has 1 heterocycles. The summed E-state index contributed by atoms with van der Waals surface area (Å²) in [5.74, 6) is 1.18. The Morgan fingerprint density at radius 2 is 1.93 bits per heavy atom. The largest absolute Gasteiger partial charge is 0.491 e. The Hall–Kier alpha value is -3.02. The third kappa shape index (κ3) is 4.58. The first kappa shape index (κ1) is 18.8. The molecule has 2 amide bonds. The lowest BCUT2D eigenvalue weighted by atomic mass is 10.2. The number of hydrogen-bond donors (Lipinski definition) is 0. The van der Waals surface area contributed by atoms with E-state index in [0.717, 1.165) is 11.3 Å². The van der Waals surface area contributed by atoms with Gasteiger partial charge in [0.25, 0.3) is 0 Å². The normalized spacial score (nSPS) is 13.4. The molecule has 142 valence electrons. The highest BCUT2D eigenvalue weighted by molar-refractivity contribution is 6.00. The van der Waals surface area contributed by atoms with Gasteiger partial charge in [0.2, 0.25) is 11.8 Å². The average molecular weight is 368 g/mol. The molecular formula is C21H24N2O4. The van der Waals surface area contributed by atoms with Crippen LogP contribution in [0.4, 0.5) is 5.69 Å². The summed E-state index contributed by atoms with van der Waals surface area (Å²) in [5, 5.41) is 0. The van der Waals surface area contributed by atoms with Crippen molar-refractivity contribution >= 4 is 17.5 Å². The molecule has 0 aliphatic carbocycles. The number of rotatable bonds is 6. The van der Waals surface area contributed by atoms with Gasteiger partial charge in [0.15, 0.2) is 0 Å². The second-order valence-electron chi connectivity index (χ2n) is 6.48. The van der Waals surface area contributed by atoms with Gasteiger partial charge in [-0.15, -0.1) is 0 Å². The topological polar surface area (TPSA) is 59.1 Å². The van der Waals surface area contributed by atoms with Crippen LogP contribution < -0.4 is 14.4 Å². The van der Waals surface area contributed by atoms with E-state index in [0.29, 0.717) is 31.2 Å². The number of amides is 2. The van der Waals surface area contributed by atoms with Gasteiger partial charge in [-0.2, -0.15) is 0 Å². The molecule has 0 fully saturated rings. The first-order valence-electron chi connectivity index (χ1n) is 9.01. The number of benzene rings is 2. The van der Waals surface area contributed by atoms with Gasteiger partial charge in [0, 0.05) is 7.05 Å². The van der Waals surface area contributed by atoms with E-state index in [-0.39, 0.29) is 24.8 Å². The molecule has 0 N–H and O–H groups in total. The summed E-state index contributed by atoms with van der Waals surface area (Å²) in [7, 11) is 1.72. The van der Waals surface area contributed by atoms with Crippen LogP contribution in [0.1, 0.15) is 12.0 Å². The van der Waals surface area contributed by atoms with E-state index in [9.17, 15) is 9.59 Å². The number of para-hydroxylation sites is 3. The first-order chi connectivity index (χ1) is 13.1. The highest BCUT2D eigenvalue weighted by Crippen LogP contribution is 2.30. The molecule has 2 aromatic carbocycles. The molecule has 2 aromatic rings. The molecule has 3 rings (SSSR count). The fourth-order valence-corrected chi connectivity index (χ4v) is 2.88. The van der Waals surface area contributed by atoms with Crippen LogP contribution in [0.3, 0.4) is 0 Å². The summed E-state index contributed by atoms with van der Waals surface area (Å²) in [4.78, 5) is 28.1. The fourth-order valence-electron chi connectivity index (χ4n) is 2.88. The maximum atomic E-state index is 12.6. The molecule has 0 aromatic heterocycles. The Morgan fingerprint density at radius 3 is 2.74 bits per heavy atom. The number of carbonyl (C=O) groups is 2. The van der Waals surface area contributed by atoms with E-state index in [1.165, 1.54) is 4.90 Å². The number of ether oxygens (including phenoxy) is 2. The summed E-state index contributed by atoms with van der Waals surface area (Å²) in [6.07, 6.45) is 0.252. The van der Waals surface area contributed by atoms with Crippen molar-refractivity contribution in [3.63, 3.8) is 0 Å². The molecule has 27 heavy (non-hydrogen) atoms. The summed E-state index contributed by atoms with van der Waals surface area (Å²) < 4.78 is 11.4. The van der Waals surface area contributed by atoms with Crippen LogP contribution in [0.15, 0.2) is 48.5 Å². The highest BCUT2D eigenvalue weighted by Gasteiger charge is 2.26. The minimum absolute atomic E-state index is 0.0138. The molecule has 0 saturated heterocycles. The highest BCUT2D eigenvalue weighted by atomic mass is 16.5. The molecule has 0 saturated carbocycles. The van der Waals surface area contributed by atoms with Crippen molar-refractivity contribution in [1.82, 2.24) is 4.90 Å². The van der Waals surface area contributed by atoms with Crippen molar-refractivity contribution in [1.29, 1.82) is 0 Å². The van der Waals surface area contributed by atoms with Gasteiger partial charge in [-0.25, -0.2) is 0 Å². The summed E-state index contributed by atoms with van der Waals surface area (Å²) in [5.41, 5.74) is 1.69. The lowest BCUT2D eigenvalue weighted by molar-refractivity contribution is -0.130. The lowest BCUT2D eigenvalue weighted by Gasteiger charge is -2.25. The third-order valence-corrected chi connectivity index (χ3v) is 4.53. The third-order valence-electron chi connectivity index (χ3n) is 4.53. The molecule has 0 atom stereocenters. The van der Waals surface area contributed by atoms with Crippen molar-refractivity contribution in [3.05, 3.63) is 54.1 Å². The van der Waals surface area contributed by atoms with Gasteiger partial charge >= 0.3 is 0 Å². The molecule has 1 aliphatic heterocycles. The number of fused-ring (bicyclic) bond motifs is 1. The first-order valence-corrected chi connectivity index (χ1v) is 9.01. The van der Waals surface area contributed by atoms with Crippen LogP contribution in [0.2, 0.25) is 0 Å². The standard InChI is InChI=1S/C21H24N2O4/c1-16-7-3-5-9-18(16)27-14-12-22(2)21(25)15-23-17-8-4-6-10-19(17)26-13-11-20(23)24/h3-10H,11-15H2,1-2H3. The van der Waals surface area contributed by atoms with Crippen LogP contribution >= 0.6 is 0 Å². The van der Waals surface area contributed by atoms with Gasteiger partial charge in [-0.05, 0) is 30.7 Å². The Labute approximate surface area is 159 Å². The number of aryl methyl sites for hydroxylation is 1. The van der Waals surface area contributed by atoms with Gasteiger partial charge < -0.3 is 14.4 Å². The average Bonchev–Trinajstić information content (AvgIpc) is 2.82. The zero-order valence-corrected chi connectivity index (χ0v) is 15.7. The van der Waals surface area contributed by atoms with E-state index < -0.39 is 0 Å². The quantitative estimate of drug-likeness (QED) is 0.787. The molecule has 1 aliphatic rings. The van der Waals surface area contributed by atoms with E-state index in [1.54, 1.807) is 18.0 Å². The van der Waals surface area contributed by atoms with Crippen molar-refractivity contribution in [2.75, 3.05) is 38.3 Å². The SMILES string of the molecule is Cc1ccccc1OCCN(C)C(=O)CN1C(=O)CCOc2ccccc21. The second-order valence-corrected chi connectivity index (χ2v) is 6.48. The Balaban J connectivity index is 1.59. The second kappa shape index (κ2) is 8.58. The smallest absolute Gasteiger partial charge is 0.242 e. The molecular weight excluding hydrogens is 344 g/mol. The molecule has 0 radical (unpaired) electrons. The zero-order chi connectivity index (χ0) is 19.2. The molecule has 6 heteroatoms. The van der Waals surface area contributed by atoms with Gasteiger partial charge in [0.1, 0.15) is 24.7 Å². The summed E-state index contributed by atoms with van der Waals surface area (Å²) in [6.45, 7) is 3.11. The van der Waals surface area contributed by atoms with Crippen LogP contribution in [0, 0.1) is 6.92 Å². The van der Waals surface area contributed by atoms with E-state index in [4.69, 9.17) is 9.47 Å². The van der Waals surface area contributed by atoms with Crippen LogP contribution in [0.25, 0.3) is 0 Å². The Morgan fingerprint density at radius 1 is 1.19 bits per heavy atom. The molecule has 0 unspecified atom stereocenters. The minimum Gasteiger partial charge on any atom is -0.491 e. The monoisotopic (exact) mass is 368 g/mol. The predicted octanol–water partition coefficient (Wildman–Crippen LogP) is 2.65. The van der Waals surface area contributed by atoms with Crippen LogP contribution in [-0.2, 0) is 9.59 Å². The van der Waals surface area contributed by atoms with Gasteiger partial charge in [-0.1, -0.05) is 30.3 Å². The predicted molar refractivity (Wildman–Crippen MR) is 103 cm³/mol. The zero-order valence-electron chi connectivity index (χ0n) is 15.7. The van der Waals surface area contributed by atoms with Crippen molar-refractivity contribution in [2.24, 2.45) is 0 Å². The fraction of sp³-hybridized carbons (Fsp3) is 0.333. The van der Waals surface area contributed by atoms with Crippen LogP contribution in [-0.4, -0.2) is 50.1 Å². The number of likely N-dealkylation sites (N-methyl/N-ethyl adjacent to an activating group) is 1. The Kier molecular flexibility index (Phi) is 5.96. The lowest BCUT2D eigenvalue weighted by Crippen LogP contribution is -2.42. The van der Waals surface area contributed by atoms with Crippen molar-refractivity contribution < 1.29 is 19.1 Å². The molecule has 0 bridgehead atoms. The maximum Gasteiger partial charge on any atom is 0.242 e. The van der Waals surface area contributed by atoms with Crippen molar-refractivity contribution in [2.45, 2.75) is 13.3 Å². The van der Waals surface area contributed by atoms with Gasteiger partial charge in [-0.3, -0.25) is 14.5 Å². The summed E-state index contributed by atoms with van der Waals surface area (Å²) >= 11 is 0. The number of carbonyl (C=O) groups excluding carboxylic acids is 2. The van der Waals surface area contributed by atoms with E-state index >= 15 is 0 Å². The van der Waals surface area contributed by atoms with Gasteiger partial charge in [0.05, 0.1) is 25.3 Å². The summed E-state index contributed by atoms with van der Waals surface area (Å²) in [6, 6.07) is 15.1. The van der Waals surface area contributed by atoms with E-state index in [2.05, 4.69) is 0 Å². The van der Waals surface area contributed by atoms with Crippen LogP contribution in [0.5, 0.6) is 11.5 Å². The number of anilines is 1. The molecule has 6 nitrogen and oxygen atoms in total. The number of hydrogen-bond acceptors (Lipinski definition) is 4. The molecule has 0 spiro atoms. The van der Waals surface area contributed by atoms with Crippen molar-refractivity contribution in [3.8, 4) is 11.5 Å². The minimum atomic E-state index is -0.145. The maximum absolute atomic E-state index is 12.6.